The summed E-state index contributed by atoms with van der Waals surface area (Å²) in [4.78, 5) is 13.2. The van der Waals surface area contributed by atoms with Gasteiger partial charge in [-0.1, -0.05) is 13.3 Å². The molecule has 0 aromatic rings. The predicted octanol–water partition coefficient (Wildman–Crippen LogP) is 1.35. The molecule has 0 saturated carbocycles. The summed E-state index contributed by atoms with van der Waals surface area (Å²) in [5, 5.41) is 0. The van der Waals surface area contributed by atoms with Crippen LogP contribution in [0.25, 0.3) is 0 Å². The number of carbonyl (C=O) groups is 1. The molecule has 0 bridgehead atoms. The van der Waals surface area contributed by atoms with Crippen LogP contribution in [0.3, 0.4) is 0 Å². The molecule has 14 heavy (non-hydrogen) atoms. The number of amides is 1. The van der Waals surface area contributed by atoms with Crippen molar-refractivity contribution in [3.05, 3.63) is 0 Å². The summed E-state index contributed by atoms with van der Waals surface area (Å²) in [5.41, 5.74) is 5.77. The van der Waals surface area contributed by atoms with Crippen molar-refractivity contribution in [2.45, 2.75) is 38.6 Å². The standard InChI is InChI=1S/C10H20N2O2/c1-2-3-7-14-10(13)12-6-4-5-9(11)8-12/h9H,2-8,11H2,1H3/t9-/m1/s1. The summed E-state index contributed by atoms with van der Waals surface area (Å²) in [6.45, 7) is 4.04. The number of hydrogen-bond donors (Lipinski definition) is 1. The van der Waals surface area contributed by atoms with Crippen LogP contribution in [0.4, 0.5) is 4.79 Å². The Kier molecular flexibility index (Phi) is 4.73. The topological polar surface area (TPSA) is 55.6 Å². The van der Waals surface area contributed by atoms with Gasteiger partial charge in [0.1, 0.15) is 0 Å². The van der Waals surface area contributed by atoms with Gasteiger partial charge in [0.25, 0.3) is 0 Å². The van der Waals surface area contributed by atoms with Crippen LogP contribution >= 0.6 is 0 Å². The molecular weight excluding hydrogens is 180 g/mol. The molecule has 0 unspecified atom stereocenters. The molecule has 2 N–H and O–H groups in total. The van der Waals surface area contributed by atoms with E-state index in [-0.39, 0.29) is 12.1 Å². The third-order valence-electron chi connectivity index (χ3n) is 2.44. The van der Waals surface area contributed by atoms with Crippen molar-refractivity contribution in [2.75, 3.05) is 19.7 Å². The van der Waals surface area contributed by atoms with Gasteiger partial charge >= 0.3 is 6.09 Å². The molecule has 1 aliphatic heterocycles. The first-order chi connectivity index (χ1) is 6.74. The van der Waals surface area contributed by atoms with Crippen LogP contribution in [-0.2, 0) is 4.74 Å². The largest absolute Gasteiger partial charge is 0.449 e. The summed E-state index contributed by atoms with van der Waals surface area (Å²) in [6, 6.07) is 0.127. The Balaban J connectivity index is 2.22. The van der Waals surface area contributed by atoms with Crippen LogP contribution in [0, 0.1) is 0 Å². The van der Waals surface area contributed by atoms with Crippen molar-refractivity contribution in [2.24, 2.45) is 5.73 Å². The molecule has 4 nitrogen and oxygen atoms in total. The van der Waals surface area contributed by atoms with E-state index in [2.05, 4.69) is 6.92 Å². The number of nitrogens with zero attached hydrogens (tertiary/aromatic N) is 1. The highest BCUT2D eigenvalue weighted by atomic mass is 16.6. The number of rotatable bonds is 3. The van der Waals surface area contributed by atoms with Gasteiger partial charge in [0.2, 0.25) is 0 Å². The summed E-state index contributed by atoms with van der Waals surface area (Å²) >= 11 is 0. The molecule has 0 radical (unpaired) electrons. The summed E-state index contributed by atoms with van der Waals surface area (Å²) < 4.78 is 5.10. The summed E-state index contributed by atoms with van der Waals surface area (Å²) in [7, 11) is 0. The molecule has 82 valence electrons. The number of piperidine rings is 1. The molecule has 0 aromatic heterocycles. The van der Waals surface area contributed by atoms with E-state index in [1.54, 1.807) is 4.90 Å². The van der Waals surface area contributed by atoms with E-state index in [0.717, 1.165) is 32.2 Å². The van der Waals surface area contributed by atoms with E-state index in [9.17, 15) is 4.79 Å². The first-order valence-electron chi connectivity index (χ1n) is 5.41. The van der Waals surface area contributed by atoms with Crippen molar-refractivity contribution in [3.63, 3.8) is 0 Å². The lowest BCUT2D eigenvalue weighted by Crippen LogP contribution is -2.45. The highest BCUT2D eigenvalue weighted by Gasteiger charge is 2.21. The predicted molar refractivity (Wildman–Crippen MR) is 55.0 cm³/mol. The van der Waals surface area contributed by atoms with Gasteiger partial charge < -0.3 is 15.4 Å². The Labute approximate surface area is 85.4 Å². The second kappa shape index (κ2) is 5.86. The fraction of sp³-hybridized carbons (Fsp3) is 0.900. The number of carbonyl (C=O) groups excluding carboxylic acids is 1. The second-order valence-corrected chi connectivity index (χ2v) is 3.82. The molecule has 1 saturated heterocycles. The zero-order valence-electron chi connectivity index (χ0n) is 8.87. The number of ether oxygens (including phenoxy) is 1. The molecule has 0 spiro atoms. The van der Waals surface area contributed by atoms with E-state index >= 15 is 0 Å². The minimum absolute atomic E-state index is 0.127. The molecule has 1 rings (SSSR count). The third-order valence-corrected chi connectivity index (χ3v) is 2.44. The van der Waals surface area contributed by atoms with E-state index in [1.165, 1.54) is 0 Å². The van der Waals surface area contributed by atoms with Gasteiger partial charge in [-0.25, -0.2) is 4.79 Å². The lowest BCUT2D eigenvalue weighted by molar-refractivity contribution is 0.0908. The Bertz CT molecular complexity index is 185. The maximum absolute atomic E-state index is 11.5. The third kappa shape index (κ3) is 3.54. The lowest BCUT2D eigenvalue weighted by atomic mass is 10.1. The van der Waals surface area contributed by atoms with Gasteiger partial charge in [-0.15, -0.1) is 0 Å². The maximum atomic E-state index is 11.5. The molecule has 0 aliphatic carbocycles. The normalized spacial score (nSPS) is 22.1. The SMILES string of the molecule is CCCCOC(=O)N1CCC[C@@H](N)C1. The second-order valence-electron chi connectivity index (χ2n) is 3.82. The minimum Gasteiger partial charge on any atom is -0.449 e. The van der Waals surface area contributed by atoms with E-state index < -0.39 is 0 Å². The number of hydrogen-bond acceptors (Lipinski definition) is 3. The van der Waals surface area contributed by atoms with Crippen LogP contribution in [-0.4, -0.2) is 36.7 Å². The van der Waals surface area contributed by atoms with Crippen LogP contribution in [0.5, 0.6) is 0 Å². The Hall–Kier alpha value is -0.770. The van der Waals surface area contributed by atoms with Crippen molar-refractivity contribution in [3.8, 4) is 0 Å². The van der Waals surface area contributed by atoms with Gasteiger partial charge in [0, 0.05) is 19.1 Å². The van der Waals surface area contributed by atoms with E-state index in [1.807, 2.05) is 0 Å². The zero-order valence-corrected chi connectivity index (χ0v) is 8.87. The van der Waals surface area contributed by atoms with Crippen molar-refractivity contribution < 1.29 is 9.53 Å². The number of unbranched alkanes of at least 4 members (excludes halogenated alkanes) is 1. The minimum atomic E-state index is -0.200. The van der Waals surface area contributed by atoms with Crippen molar-refractivity contribution >= 4 is 6.09 Å². The zero-order chi connectivity index (χ0) is 10.4. The first-order valence-corrected chi connectivity index (χ1v) is 5.41. The Morgan fingerprint density at radius 2 is 2.43 bits per heavy atom. The van der Waals surface area contributed by atoms with E-state index in [0.29, 0.717) is 13.2 Å². The molecule has 1 atom stereocenters. The first kappa shape index (κ1) is 11.3. The van der Waals surface area contributed by atoms with Crippen LogP contribution in [0.15, 0.2) is 0 Å². The van der Waals surface area contributed by atoms with Gasteiger partial charge in [-0.2, -0.15) is 0 Å². The van der Waals surface area contributed by atoms with Crippen LogP contribution in [0.1, 0.15) is 32.6 Å². The van der Waals surface area contributed by atoms with Gasteiger partial charge in [-0.05, 0) is 19.3 Å². The van der Waals surface area contributed by atoms with Crippen molar-refractivity contribution in [1.29, 1.82) is 0 Å². The number of nitrogens with two attached hydrogens (primary N) is 1. The van der Waals surface area contributed by atoms with Crippen molar-refractivity contribution in [1.82, 2.24) is 4.90 Å². The number of likely N-dealkylation sites (tertiary alicyclic amines) is 1. The highest BCUT2D eigenvalue weighted by molar-refractivity contribution is 5.67. The Morgan fingerprint density at radius 3 is 3.07 bits per heavy atom. The molecule has 0 aromatic carbocycles. The Morgan fingerprint density at radius 1 is 1.64 bits per heavy atom. The molecule has 1 amide bonds. The highest BCUT2D eigenvalue weighted by Crippen LogP contribution is 2.09. The monoisotopic (exact) mass is 200 g/mol. The summed E-state index contributed by atoms with van der Waals surface area (Å²) in [5.74, 6) is 0. The molecule has 1 aliphatic rings. The lowest BCUT2D eigenvalue weighted by Gasteiger charge is -2.29. The average Bonchev–Trinajstić information content (AvgIpc) is 2.18. The molecule has 1 fully saturated rings. The van der Waals surface area contributed by atoms with E-state index in [4.69, 9.17) is 10.5 Å². The van der Waals surface area contributed by atoms with Gasteiger partial charge in [-0.3, -0.25) is 0 Å². The van der Waals surface area contributed by atoms with Gasteiger partial charge in [0.15, 0.2) is 0 Å². The molecule has 4 heteroatoms. The quantitative estimate of drug-likeness (QED) is 0.699. The van der Waals surface area contributed by atoms with Crippen LogP contribution < -0.4 is 5.73 Å². The summed E-state index contributed by atoms with van der Waals surface area (Å²) in [6.07, 6.45) is 3.79. The van der Waals surface area contributed by atoms with Gasteiger partial charge in [0.05, 0.1) is 6.61 Å². The molecular formula is C10H20N2O2. The fourth-order valence-corrected chi connectivity index (χ4v) is 1.57. The maximum Gasteiger partial charge on any atom is 0.409 e. The smallest absolute Gasteiger partial charge is 0.409 e. The fourth-order valence-electron chi connectivity index (χ4n) is 1.57. The van der Waals surface area contributed by atoms with Crippen LogP contribution in [0.2, 0.25) is 0 Å². The average molecular weight is 200 g/mol. The molecule has 1 heterocycles.